The molecule has 3 heterocycles. The van der Waals surface area contributed by atoms with Crippen molar-refractivity contribution < 1.29 is 4.79 Å². The van der Waals surface area contributed by atoms with E-state index in [4.69, 9.17) is 5.73 Å². The highest BCUT2D eigenvalue weighted by molar-refractivity contribution is 6.04. The van der Waals surface area contributed by atoms with E-state index in [-0.39, 0.29) is 11.1 Å². The summed E-state index contributed by atoms with van der Waals surface area (Å²) in [6.07, 6.45) is 3.85. The van der Waals surface area contributed by atoms with Crippen LogP contribution < -0.4 is 16.6 Å². The van der Waals surface area contributed by atoms with Crippen LogP contribution in [0.1, 0.15) is 23.0 Å². The molecule has 8 heteroatoms. The van der Waals surface area contributed by atoms with Gasteiger partial charge in [-0.1, -0.05) is 19.1 Å². The second kappa shape index (κ2) is 7.23. The minimum atomic E-state index is -0.445. The Morgan fingerprint density at radius 1 is 1.21 bits per heavy atom. The molecule has 4 aromatic rings. The Morgan fingerprint density at radius 2 is 1.97 bits per heavy atom. The third kappa shape index (κ3) is 3.25. The lowest BCUT2D eigenvalue weighted by atomic mass is 10.1. The summed E-state index contributed by atoms with van der Waals surface area (Å²) in [4.78, 5) is 28.6. The number of rotatable bonds is 4. The molecule has 0 fully saturated rings. The molecule has 0 unspecified atom stereocenters. The number of aryl methyl sites for hydroxylation is 2. The van der Waals surface area contributed by atoms with E-state index in [1.165, 1.54) is 17.0 Å². The Bertz CT molecular complexity index is 1270. The zero-order valence-electron chi connectivity index (χ0n) is 16.1. The number of pyridine rings is 1. The summed E-state index contributed by atoms with van der Waals surface area (Å²) >= 11 is 0. The summed E-state index contributed by atoms with van der Waals surface area (Å²) in [5.74, 6) is -0.0359. The molecule has 0 bridgehead atoms. The smallest absolute Gasteiger partial charge is 0.263 e. The average Bonchev–Trinajstić information content (AvgIpc) is 3.11. The first-order valence-electron chi connectivity index (χ1n) is 9.18. The Labute approximate surface area is 166 Å². The normalized spacial score (nSPS) is 11.0. The lowest BCUT2D eigenvalue weighted by Gasteiger charge is -2.07. The second-order valence-electron chi connectivity index (χ2n) is 6.68. The molecule has 0 saturated heterocycles. The van der Waals surface area contributed by atoms with Crippen molar-refractivity contribution in [1.82, 2.24) is 19.2 Å². The van der Waals surface area contributed by atoms with Crippen molar-refractivity contribution in [2.24, 2.45) is 7.05 Å². The zero-order chi connectivity index (χ0) is 20.5. The van der Waals surface area contributed by atoms with Gasteiger partial charge in [-0.2, -0.15) is 5.10 Å². The highest BCUT2D eigenvalue weighted by Gasteiger charge is 2.15. The summed E-state index contributed by atoms with van der Waals surface area (Å²) in [6.45, 7) is 2.05. The topological polar surface area (TPSA) is 107 Å². The van der Waals surface area contributed by atoms with E-state index >= 15 is 0 Å². The van der Waals surface area contributed by atoms with E-state index in [1.54, 1.807) is 36.0 Å². The van der Waals surface area contributed by atoms with Gasteiger partial charge in [-0.3, -0.25) is 9.59 Å². The maximum Gasteiger partial charge on any atom is 0.263 e. The molecule has 4 rings (SSSR count). The third-order valence-electron chi connectivity index (χ3n) is 4.84. The Hall–Kier alpha value is -3.94. The van der Waals surface area contributed by atoms with Crippen LogP contribution in [0.25, 0.3) is 16.6 Å². The molecule has 1 amide bonds. The van der Waals surface area contributed by atoms with Crippen molar-refractivity contribution in [1.29, 1.82) is 0 Å². The number of amides is 1. The van der Waals surface area contributed by atoms with E-state index in [9.17, 15) is 9.59 Å². The predicted octanol–water partition coefficient (Wildman–Crippen LogP) is 2.49. The summed E-state index contributed by atoms with van der Waals surface area (Å²) in [6, 6.07) is 12.6. The van der Waals surface area contributed by atoms with Gasteiger partial charge in [0.15, 0.2) is 5.82 Å². The first-order chi connectivity index (χ1) is 14.0. The summed E-state index contributed by atoms with van der Waals surface area (Å²) in [5.41, 5.74) is 10.1. The van der Waals surface area contributed by atoms with Crippen LogP contribution in [-0.2, 0) is 13.5 Å². The molecule has 3 aromatic heterocycles. The van der Waals surface area contributed by atoms with Crippen molar-refractivity contribution >= 4 is 22.9 Å². The van der Waals surface area contributed by atoms with Crippen LogP contribution >= 0.6 is 0 Å². The van der Waals surface area contributed by atoms with E-state index in [1.807, 2.05) is 18.2 Å². The Kier molecular flexibility index (Phi) is 4.59. The van der Waals surface area contributed by atoms with Crippen molar-refractivity contribution in [2.45, 2.75) is 13.3 Å². The van der Waals surface area contributed by atoms with Crippen LogP contribution in [0.15, 0.2) is 59.8 Å². The Morgan fingerprint density at radius 3 is 2.69 bits per heavy atom. The van der Waals surface area contributed by atoms with Gasteiger partial charge in [-0.05, 0) is 42.3 Å². The van der Waals surface area contributed by atoms with E-state index < -0.39 is 5.91 Å². The molecule has 0 saturated carbocycles. The van der Waals surface area contributed by atoms with Crippen molar-refractivity contribution in [3.05, 3.63) is 76.6 Å². The van der Waals surface area contributed by atoms with Crippen LogP contribution in [0.3, 0.4) is 0 Å². The van der Waals surface area contributed by atoms with Crippen molar-refractivity contribution in [3.8, 4) is 11.1 Å². The average molecular weight is 388 g/mol. The van der Waals surface area contributed by atoms with Gasteiger partial charge in [0.1, 0.15) is 17.4 Å². The number of nitrogens with one attached hydrogen (secondary N) is 1. The summed E-state index contributed by atoms with van der Waals surface area (Å²) < 4.78 is 3.17. The number of nitrogens with two attached hydrogens (primary N) is 1. The lowest BCUT2D eigenvalue weighted by molar-refractivity contribution is 0.102. The number of hydrogen-bond donors (Lipinski definition) is 2. The number of fused-ring (bicyclic) bond motifs is 1. The first kappa shape index (κ1) is 18.4. The lowest BCUT2D eigenvalue weighted by Crippen LogP contribution is -2.26. The molecule has 0 aliphatic carbocycles. The van der Waals surface area contributed by atoms with Crippen molar-refractivity contribution in [2.75, 3.05) is 11.1 Å². The van der Waals surface area contributed by atoms with Gasteiger partial charge in [0, 0.05) is 30.2 Å². The minimum absolute atomic E-state index is 0.0926. The van der Waals surface area contributed by atoms with Crippen LogP contribution in [-0.4, -0.2) is 25.1 Å². The predicted molar refractivity (Wildman–Crippen MR) is 112 cm³/mol. The summed E-state index contributed by atoms with van der Waals surface area (Å²) in [7, 11) is 1.61. The number of nitrogen functional groups attached to an aromatic ring is 1. The number of benzene rings is 1. The van der Waals surface area contributed by atoms with Gasteiger partial charge in [0.05, 0.1) is 0 Å². The quantitative estimate of drug-likeness (QED) is 0.558. The van der Waals surface area contributed by atoms with E-state index in [0.29, 0.717) is 11.5 Å². The van der Waals surface area contributed by atoms with Gasteiger partial charge in [0.2, 0.25) is 0 Å². The molecule has 0 radical (unpaired) electrons. The maximum absolute atomic E-state index is 12.4. The van der Waals surface area contributed by atoms with Crippen LogP contribution in [0.4, 0.5) is 11.5 Å². The molecular formula is C21H20N6O2. The SMILES string of the molecule is CCc1cc(-c2ccc(NC(=O)c3cccn(C)c3=O)cc2)c2c(N)ncnn12. The number of aromatic nitrogens is 4. The third-order valence-corrected chi connectivity index (χ3v) is 4.84. The fraction of sp³-hybridized carbons (Fsp3) is 0.143. The van der Waals surface area contributed by atoms with Crippen LogP contribution in [0.2, 0.25) is 0 Å². The highest BCUT2D eigenvalue weighted by Crippen LogP contribution is 2.31. The largest absolute Gasteiger partial charge is 0.382 e. The summed E-state index contributed by atoms with van der Waals surface area (Å²) in [5, 5.41) is 7.06. The maximum atomic E-state index is 12.4. The number of hydrogen-bond acceptors (Lipinski definition) is 5. The molecule has 1 aromatic carbocycles. The molecule has 146 valence electrons. The van der Waals surface area contributed by atoms with Gasteiger partial charge >= 0.3 is 0 Å². The standard InChI is InChI=1S/C21H20N6O2/c1-3-15-11-17(18-19(22)23-12-24-27(15)18)13-6-8-14(9-7-13)25-20(28)16-5-4-10-26(2)21(16)29/h4-12H,3H2,1-2H3,(H,25,28)(H2,22,23,24). The molecule has 0 aliphatic rings. The number of carbonyl (C=O) groups is 1. The van der Waals surface area contributed by atoms with Gasteiger partial charge in [0.25, 0.3) is 11.5 Å². The second-order valence-corrected chi connectivity index (χ2v) is 6.68. The number of nitrogens with zero attached hydrogens (tertiary/aromatic N) is 4. The van der Waals surface area contributed by atoms with E-state index in [0.717, 1.165) is 28.8 Å². The fourth-order valence-corrected chi connectivity index (χ4v) is 3.31. The van der Waals surface area contributed by atoms with Crippen LogP contribution in [0.5, 0.6) is 0 Å². The molecule has 3 N–H and O–H groups in total. The minimum Gasteiger partial charge on any atom is -0.382 e. The van der Waals surface area contributed by atoms with Gasteiger partial charge in [-0.25, -0.2) is 9.50 Å². The van der Waals surface area contributed by atoms with Gasteiger partial charge < -0.3 is 15.6 Å². The van der Waals surface area contributed by atoms with Gasteiger partial charge in [-0.15, -0.1) is 0 Å². The molecule has 8 nitrogen and oxygen atoms in total. The fourth-order valence-electron chi connectivity index (χ4n) is 3.31. The van der Waals surface area contributed by atoms with Crippen molar-refractivity contribution in [3.63, 3.8) is 0 Å². The molecule has 0 spiro atoms. The molecule has 0 aliphatic heterocycles. The molecule has 0 atom stereocenters. The zero-order valence-corrected chi connectivity index (χ0v) is 16.1. The monoisotopic (exact) mass is 388 g/mol. The van der Waals surface area contributed by atoms with E-state index in [2.05, 4.69) is 22.3 Å². The number of carbonyl (C=O) groups excluding carboxylic acids is 1. The Balaban J connectivity index is 1.65. The number of anilines is 2. The molecule has 29 heavy (non-hydrogen) atoms. The highest BCUT2D eigenvalue weighted by atomic mass is 16.2. The molecular weight excluding hydrogens is 368 g/mol. The van der Waals surface area contributed by atoms with Crippen LogP contribution in [0, 0.1) is 0 Å². The first-order valence-corrected chi connectivity index (χ1v) is 9.18.